The van der Waals surface area contributed by atoms with Crippen LogP contribution in [0.25, 0.3) is 11.0 Å². The summed E-state index contributed by atoms with van der Waals surface area (Å²) in [4.78, 5) is 14.2. The summed E-state index contributed by atoms with van der Waals surface area (Å²) < 4.78 is 39.7. The largest absolute Gasteiger partial charge is 0.481 e. The summed E-state index contributed by atoms with van der Waals surface area (Å²) in [5.74, 6) is -1.27. The van der Waals surface area contributed by atoms with Gasteiger partial charge in [-0.15, -0.1) is 0 Å². The second kappa shape index (κ2) is 11.5. The van der Waals surface area contributed by atoms with Crippen molar-refractivity contribution in [3.05, 3.63) is 52.7 Å². The summed E-state index contributed by atoms with van der Waals surface area (Å²) in [7, 11) is 1.65. The number of hydrogen-bond acceptors (Lipinski definition) is 7. The molecule has 2 aromatic heterocycles. The molecule has 0 amide bonds. The van der Waals surface area contributed by atoms with Crippen molar-refractivity contribution in [1.82, 2.24) is 14.9 Å². The van der Waals surface area contributed by atoms with Crippen molar-refractivity contribution >= 4 is 22.4 Å². The minimum atomic E-state index is -0.983. The SMILES string of the molecule is COc1nc2c(NC3CCN(c4cc#cc(F)c4F)CC3)c3c(nc2cc1COCCN1CCCC1)CCC3. The highest BCUT2D eigenvalue weighted by Gasteiger charge is 2.27. The quantitative estimate of drug-likeness (QED) is 0.399. The van der Waals surface area contributed by atoms with Gasteiger partial charge in [-0.1, -0.05) is 6.07 Å². The number of nitrogens with one attached hydrogen (secondary N) is 1. The van der Waals surface area contributed by atoms with Crippen LogP contribution in [-0.4, -0.2) is 67.4 Å². The molecule has 206 valence electrons. The number of aromatic nitrogens is 2. The fraction of sp³-hybridized carbons (Fsp3) is 0.533. The summed E-state index contributed by atoms with van der Waals surface area (Å²) in [5, 5.41) is 3.77. The van der Waals surface area contributed by atoms with Gasteiger partial charge in [-0.2, -0.15) is 4.39 Å². The molecule has 0 saturated carbocycles. The average Bonchev–Trinajstić information content (AvgIpc) is 3.65. The number of halogens is 2. The maximum Gasteiger partial charge on any atom is 0.219 e. The number of aryl methyl sites for hydroxylation is 1. The van der Waals surface area contributed by atoms with Crippen molar-refractivity contribution in [1.29, 1.82) is 0 Å². The number of likely N-dealkylation sites (tertiary alicyclic amines) is 1. The van der Waals surface area contributed by atoms with Crippen LogP contribution in [0.15, 0.2) is 12.1 Å². The molecule has 39 heavy (non-hydrogen) atoms. The number of fused-ring (bicyclic) bond motifs is 2. The van der Waals surface area contributed by atoms with Gasteiger partial charge in [-0.05, 0) is 75.7 Å². The number of pyridine rings is 2. The lowest BCUT2D eigenvalue weighted by Crippen LogP contribution is -2.39. The van der Waals surface area contributed by atoms with E-state index >= 15 is 0 Å². The third-order valence-corrected chi connectivity index (χ3v) is 8.22. The smallest absolute Gasteiger partial charge is 0.219 e. The van der Waals surface area contributed by atoms with Crippen molar-refractivity contribution in [3.63, 3.8) is 0 Å². The highest BCUT2D eigenvalue weighted by Crippen LogP contribution is 2.37. The number of rotatable bonds is 9. The molecule has 0 spiro atoms. The number of anilines is 2. The molecule has 1 aromatic carbocycles. The van der Waals surface area contributed by atoms with Crippen LogP contribution in [0.2, 0.25) is 0 Å². The van der Waals surface area contributed by atoms with E-state index in [-0.39, 0.29) is 11.7 Å². The van der Waals surface area contributed by atoms with E-state index in [4.69, 9.17) is 19.4 Å². The predicted molar refractivity (Wildman–Crippen MR) is 146 cm³/mol. The normalized spacial score (nSPS) is 18.0. The first-order valence-electron chi connectivity index (χ1n) is 14.1. The molecule has 2 fully saturated rings. The molecular formula is C30H35F2N5O2. The van der Waals surface area contributed by atoms with E-state index in [0.29, 0.717) is 32.2 Å². The van der Waals surface area contributed by atoms with Gasteiger partial charge in [0.05, 0.1) is 37.2 Å². The molecule has 6 rings (SSSR count). The maximum absolute atomic E-state index is 14.3. The van der Waals surface area contributed by atoms with Gasteiger partial charge in [0, 0.05) is 43.0 Å². The number of piperidine rings is 1. The number of hydrogen-bond donors (Lipinski definition) is 1. The molecular weight excluding hydrogens is 500 g/mol. The zero-order chi connectivity index (χ0) is 26.8. The Hall–Kier alpha value is -3.22. The Labute approximate surface area is 228 Å². The van der Waals surface area contributed by atoms with Crippen LogP contribution in [0.3, 0.4) is 0 Å². The van der Waals surface area contributed by atoms with Crippen LogP contribution in [0, 0.1) is 23.8 Å². The van der Waals surface area contributed by atoms with E-state index < -0.39 is 11.6 Å². The predicted octanol–water partition coefficient (Wildman–Crippen LogP) is 4.70. The molecule has 2 saturated heterocycles. The van der Waals surface area contributed by atoms with Crippen molar-refractivity contribution in [2.45, 2.75) is 57.6 Å². The molecule has 0 radical (unpaired) electrons. The molecule has 9 heteroatoms. The summed E-state index contributed by atoms with van der Waals surface area (Å²) in [5.41, 5.74) is 6.22. The number of nitrogens with zero attached hydrogens (tertiary/aromatic N) is 4. The Morgan fingerprint density at radius 3 is 2.69 bits per heavy atom. The van der Waals surface area contributed by atoms with Gasteiger partial charge >= 0.3 is 0 Å². The van der Waals surface area contributed by atoms with Crippen molar-refractivity contribution in [2.24, 2.45) is 0 Å². The molecule has 2 aliphatic heterocycles. The molecule has 0 unspecified atom stereocenters. The lowest BCUT2D eigenvalue weighted by atomic mass is 10.0. The molecule has 1 N–H and O–H groups in total. The molecule has 4 heterocycles. The second-order valence-corrected chi connectivity index (χ2v) is 10.7. The van der Waals surface area contributed by atoms with Gasteiger partial charge in [0.15, 0.2) is 5.82 Å². The highest BCUT2D eigenvalue weighted by molar-refractivity contribution is 5.91. The van der Waals surface area contributed by atoms with Crippen LogP contribution in [0.4, 0.5) is 20.2 Å². The Kier molecular flexibility index (Phi) is 7.67. The second-order valence-electron chi connectivity index (χ2n) is 10.7. The fourth-order valence-electron chi connectivity index (χ4n) is 6.12. The Morgan fingerprint density at radius 2 is 1.90 bits per heavy atom. The third-order valence-electron chi connectivity index (χ3n) is 8.22. The topological polar surface area (TPSA) is 62.8 Å². The molecule has 3 aromatic rings. The van der Waals surface area contributed by atoms with Gasteiger partial charge in [-0.25, -0.2) is 9.37 Å². The summed E-state index contributed by atoms with van der Waals surface area (Å²) in [6.45, 7) is 5.62. The van der Waals surface area contributed by atoms with Gasteiger partial charge < -0.3 is 24.6 Å². The summed E-state index contributed by atoms with van der Waals surface area (Å²) in [6, 6.07) is 8.45. The van der Waals surface area contributed by atoms with E-state index in [1.54, 1.807) is 7.11 Å². The van der Waals surface area contributed by atoms with Crippen LogP contribution < -0.4 is 15.0 Å². The van der Waals surface area contributed by atoms with Crippen LogP contribution in [0.5, 0.6) is 5.88 Å². The summed E-state index contributed by atoms with van der Waals surface area (Å²) >= 11 is 0. The number of ether oxygens (including phenoxy) is 2. The minimum absolute atomic E-state index is 0.185. The van der Waals surface area contributed by atoms with E-state index in [1.807, 2.05) is 4.90 Å². The standard InChI is InChI=1S/C30H35F2N5O2/c1-38-30-20(19-39-17-16-36-12-2-3-13-36)18-25-29(35-30)28(22-6-4-8-24(22)34-25)33-21-10-14-37(15-11-21)26-9-5-7-23(31)27(26)32/h9,18,21H,2-4,6,8,10-17,19H2,1H3,(H,33,34). The Bertz CT molecular complexity index is 1320. The molecule has 0 bridgehead atoms. The van der Waals surface area contributed by atoms with Crippen molar-refractivity contribution < 1.29 is 18.3 Å². The molecule has 0 atom stereocenters. The monoisotopic (exact) mass is 535 g/mol. The zero-order valence-electron chi connectivity index (χ0n) is 22.5. The number of methoxy groups -OCH3 is 1. The van der Waals surface area contributed by atoms with Crippen LogP contribution >= 0.6 is 0 Å². The first kappa shape index (κ1) is 26.0. The lowest BCUT2D eigenvalue weighted by molar-refractivity contribution is 0.0975. The van der Waals surface area contributed by atoms with Crippen LogP contribution in [0.1, 0.15) is 48.9 Å². The van der Waals surface area contributed by atoms with Crippen molar-refractivity contribution in [2.75, 3.05) is 56.7 Å². The van der Waals surface area contributed by atoms with Gasteiger partial charge in [-0.3, -0.25) is 4.98 Å². The zero-order valence-corrected chi connectivity index (χ0v) is 22.5. The van der Waals surface area contributed by atoms with Gasteiger partial charge in [0.25, 0.3) is 0 Å². The maximum atomic E-state index is 14.3. The van der Waals surface area contributed by atoms with Crippen molar-refractivity contribution in [3.8, 4) is 5.88 Å². The fourth-order valence-corrected chi connectivity index (χ4v) is 6.12. The van der Waals surface area contributed by atoms with E-state index in [1.165, 1.54) is 24.5 Å². The van der Waals surface area contributed by atoms with Gasteiger partial charge in [0.1, 0.15) is 5.52 Å². The van der Waals surface area contributed by atoms with E-state index in [9.17, 15) is 8.78 Å². The van der Waals surface area contributed by atoms with E-state index in [2.05, 4.69) is 28.4 Å². The van der Waals surface area contributed by atoms with Gasteiger partial charge in [0.2, 0.25) is 11.7 Å². The average molecular weight is 536 g/mol. The highest BCUT2D eigenvalue weighted by atomic mass is 19.2. The minimum Gasteiger partial charge on any atom is -0.481 e. The lowest BCUT2D eigenvalue weighted by Gasteiger charge is -2.34. The third kappa shape index (κ3) is 5.45. The first-order chi connectivity index (χ1) is 19.1. The van der Waals surface area contributed by atoms with E-state index in [0.717, 1.165) is 79.7 Å². The van der Waals surface area contributed by atoms with Crippen LogP contribution in [-0.2, 0) is 24.2 Å². The first-order valence-corrected chi connectivity index (χ1v) is 14.1. The molecule has 7 nitrogen and oxygen atoms in total. The Morgan fingerprint density at radius 1 is 1.08 bits per heavy atom. The molecule has 1 aliphatic carbocycles. The Balaban J connectivity index is 1.19. The molecule has 3 aliphatic rings. The summed E-state index contributed by atoms with van der Waals surface area (Å²) in [6.07, 6.45) is 7.12.